The maximum atomic E-state index is 12.6. The number of halogens is 3. The van der Waals surface area contributed by atoms with Gasteiger partial charge in [0.15, 0.2) is 0 Å². The molecule has 30 heavy (non-hydrogen) atoms. The number of nitrogens with zero attached hydrogens (tertiary/aromatic N) is 2. The SMILES string of the molecule is CSc1ccc(CN(C)C(=O)c2ccc(Oc3ccc(C(F)(F)F)cn3)cc2)cc1. The van der Waals surface area contributed by atoms with E-state index in [1.807, 2.05) is 30.5 Å². The van der Waals surface area contributed by atoms with E-state index in [-0.39, 0.29) is 11.8 Å². The van der Waals surface area contributed by atoms with Crippen LogP contribution >= 0.6 is 11.8 Å². The van der Waals surface area contributed by atoms with Gasteiger partial charge in [-0.05, 0) is 54.3 Å². The van der Waals surface area contributed by atoms with Crippen molar-refractivity contribution in [3.05, 3.63) is 83.6 Å². The summed E-state index contributed by atoms with van der Waals surface area (Å²) in [5.74, 6) is 0.255. The maximum Gasteiger partial charge on any atom is 0.417 e. The van der Waals surface area contributed by atoms with Crippen LogP contribution < -0.4 is 4.74 Å². The number of alkyl halides is 3. The Morgan fingerprint density at radius 3 is 2.23 bits per heavy atom. The first-order valence-corrected chi connectivity index (χ1v) is 10.2. The Morgan fingerprint density at radius 2 is 1.70 bits per heavy atom. The molecule has 3 aromatic rings. The average molecular weight is 432 g/mol. The normalized spacial score (nSPS) is 11.2. The van der Waals surface area contributed by atoms with Gasteiger partial charge in [-0.15, -0.1) is 11.8 Å². The fraction of sp³-hybridized carbons (Fsp3) is 0.182. The van der Waals surface area contributed by atoms with E-state index >= 15 is 0 Å². The average Bonchev–Trinajstić information content (AvgIpc) is 2.74. The molecule has 0 spiro atoms. The van der Waals surface area contributed by atoms with E-state index < -0.39 is 11.7 Å². The van der Waals surface area contributed by atoms with Gasteiger partial charge in [-0.1, -0.05) is 12.1 Å². The highest BCUT2D eigenvalue weighted by atomic mass is 32.2. The second-order valence-corrected chi connectivity index (χ2v) is 7.40. The van der Waals surface area contributed by atoms with E-state index in [2.05, 4.69) is 4.98 Å². The molecule has 0 aliphatic heterocycles. The second-order valence-electron chi connectivity index (χ2n) is 6.52. The minimum absolute atomic E-state index is 0.0351. The molecule has 0 saturated carbocycles. The van der Waals surface area contributed by atoms with Crippen LogP contribution in [0.3, 0.4) is 0 Å². The van der Waals surface area contributed by atoms with Crippen molar-refractivity contribution in [1.29, 1.82) is 0 Å². The first-order chi connectivity index (χ1) is 14.3. The van der Waals surface area contributed by atoms with Gasteiger partial charge in [0.05, 0.1) is 5.56 Å². The number of rotatable bonds is 6. The van der Waals surface area contributed by atoms with Crippen LogP contribution in [0.25, 0.3) is 0 Å². The summed E-state index contributed by atoms with van der Waals surface area (Å²) in [4.78, 5) is 19.1. The Kier molecular flexibility index (Phi) is 6.66. The number of hydrogen-bond donors (Lipinski definition) is 0. The molecule has 0 atom stereocenters. The molecule has 1 heterocycles. The Morgan fingerprint density at radius 1 is 1.03 bits per heavy atom. The molecule has 1 amide bonds. The molecule has 2 aromatic carbocycles. The van der Waals surface area contributed by atoms with Crippen LogP contribution in [-0.2, 0) is 12.7 Å². The van der Waals surface area contributed by atoms with Crippen molar-refractivity contribution in [3.8, 4) is 11.6 Å². The Bertz CT molecular complexity index is 989. The molecule has 0 aliphatic carbocycles. The van der Waals surface area contributed by atoms with Gasteiger partial charge >= 0.3 is 6.18 Å². The molecule has 0 aliphatic rings. The van der Waals surface area contributed by atoms with Crippen LogP contribution in [0.15, 0.2) is 71.8 Å². The number of aromatic nitrogens is 1. The van der Waals surface area contributed by atoms with Gasteiger partial charge in [0.1, 0.15) is 5.75 Å². The number of pyridine rings is 1. The van der Waals surface area contributed by atoms with Gasteiger partial charge in [-0.3, -0.25) is 4.79 Å². The molecule has 3 rings (SSSR count). The van der Waals surface area contributed by atoms with Gasteiger partial charge in [0.25, 0.3) is 5.91 Å². The monoisotopic (exact) mass is 432 g/mol. The van der Waals surface area contributed by atoms with Crippen LogP contribution in [0.4, 0.5) is 13.2 Å². The van der Waals surface area contributed by atoms with Crippen molar-refractivity contribution >= 4 is 17.7 Å². The van der Waals surface area contributed by atoms with Crippen LogP contribution in [-0.4, -0.2) is 29.1 Å². The number of benzene rings is 2. The lowest BCUT2D eigenvalue weighted by Crippen LogP contribution is -2.26. The zero-order chi connectivity index (χ0) is 21.7. The number of hydrogen-bond acceptors (Lipinski definition) is 4. The molecule has 8 heteroatoms. The summed E-state index contributed by atoms with van der Waals surface area (Å²) >= 11 is 1.66. The van der Waals surface area contributed by atoms with Gasteiger partial charge in [0, 0.05) is 36.3 Å². The largest absolute Gasteiger partial charge is 0.439 e. The summed E-state index contributed by atoms with van der Waals surface area (Å²) in [7, 11) is 1.72. The van der Waals surface area contributed by atoms with Gasteiger partial charge in [0.2, 0.25) is 5.88 Å². The molecule has 4 nitrogen and oxygen atoms in total. The van der Waals surface area contributed by atoms with Crippen molar-refractivity contribution in [2.24, 2.45) is 0 Å². The second kappa shape index (κ2) is 9.21. The highest BCUT2D eigenvalue weighted by Gasteiger charge is 2.30. The van der Waals surface area contributed by atoms with E-state index in [1.54, 1.807) is 48.0 Å². The molecule has 1 aromatic heterocycles. The fourth-order valence-corrected chi connectivity index (χ4v) is 3.10. The lowest BCUT2D eigenvalue weighted by Gasteiger charge is -2.18. The predicted octanol–water partition coefficient (Wildman–Crippen LogP) is 5.89. The van der Waals surface area contributed by atoms with E-state index in [9.17, 15) is 18.0 Å². The minimum Gasteiger partial charge on any atom is -0.439 e. The number of ether oxygens (including phenoxy) is 1. The number of carbonyl (C=O) groups excluding carboxylic acids is 1. The van der Waals surface area contributed by atoms with Gasteiger partial charge < -0.3 is 9.64 Å². The number of carbonyl (C=O) groups is 1. The summed E-state index contributed by atoms with van der Waals surface area (Å²) in [6.45, 7) is 0.473. The summed E-state index contributed by atoms with van der Waals surface area (Å²) < 4.78 is 43.2. The molecule has 0 radical (unpaired) electrons. The van der Waals surface area contributed by atoms with Gasteiger partial charge in [-0.2, -0.15) is 13.2 Å². The van der Waals surface area contributed by atoms with Crippen LogP contribution in [0, 0.1) is 0 Å². The fourth-order valence-electron chi connectivity index (χ4n) is 2.69. The summed E-state index contributed by atoms with van der Waals surface area (Å²) in [5, 5.41) is 0. The third-order valence-electron chi connectivity index (χ3n) is 4.31. The lowest BCUT2D eigenvalue weighted by molar-refractivity contribution is -0.137. The van der Waals surface area contributed by atoms with E-state index in [1.165, 1.54) is 0 Å². The zero-order valence-corrected chi connectivity index (χ0v) is 17.1. The van der Waals surface area contributed by atoms with Gasteiger partial charge in [-0.25, -0.2) is 4.98 Å². The molecule has 0 bridgehead atoms. The third-order valence-corrected chi connectivity index (χ3v) is 5.06. The van der Waals surface area contributed by atoms with Crippen LogP contribution in [0.1, 0.15) is 21.5 Å². The molecular weight excluding hydrogens is 413 g/mol. The van der Waals surface area contributed by atoms with Crippen LogP contribution in [0.5, 0.6) is 11.6 Å². The molecule has 0 saturated heterocycles. The van der Waals surface area contributed by atoms with Crippen molar-refractivity contribution in [3.63, 3.8) is 0 Å². The van der Waals surface area contributed by atoms with E-state index in [0.717, 1.165) is 22.6 Å². The van der Waals surface area contributed by atoms with E-state index in [0.29, 0.717) is 24.1 Å². The standard InChI is InChI=1S/C22H19F3N2O2S/c1-27(14-15-3-10-19(30-2)11-4-15)21(28)16-5-8-18(9-6-16)29-20-12-7-17(13-26-20)22(23,24)25/h3-13H,14H2,1-2H3. The minimum atomic E-state index is -4.45. The Labute approximate surface area is 176 Å². The van der Waals surface area contributed by atoms with Crippen molar-refractivity contribution in [2.45, 2.75) is 17.6 Å². The predicted molar refractivity (Wildman–Crippen MR) is 110 cm³/mol. The highest BCUT2D eigenvalue weighted by Crippen LogP contribution is 2.30. The smallest absolute Gasteiger partial charge is 0.417 e. The molecule has 0 fully saturated rings. The zero-order valence-electron chi connectivity index (χ0n) is 16.3. The highest BCUT2D eigenvalue weighted by molar-refractivity contribution is 7.98. The lowest BCUT2D eigenvalue weighted by atomic mass is 10.1. The Hall–Kier alpha value is -3.00. The Balaban J connectivity index is 1.61. The first-order valence-electron chi connectivity index (χ1n) is 8.96. The number of thioether (sulfide) groups is 1. The number of amides is 1. The summed E-state index contributed by atoms with van der Waals surface area (Å²) in [6.07, 6.45) is -1.73. The topological polar surface area (TPSA) is 42.4 Å². The van der Waals surface area contributed by atoms with E-state index in [4.69, 9.17) is 4.74 Å². The maximum absolute atomic E-state index is 12.6. The third kappa shape index (κ3) is 5.54. The molecule has 0 unspecified atom stereocenters. The summed E-state index contributed by atoms with van der Waals surface area (Å²) in [5.41, 5.74) is 0.657. The van der Waals surface area contributed by atoms with Crippen molar-refractivity contribution in [2.75, 3.05) is 13.3 Å². The first kappa shape index (κ1) is 21.7. The van der Waals surface area contributed by atoms with Crippen LogP contribution in [0.2, 0.25) is 0 Å². The molecular formula is C22H19F3N2O2S. The quantitative estimate of drug-likeness (QED) is 0.456. The molecule has 156 valence electrons. The summed E-state index contributed by atoms with van der Waals surface area (Å²) in [6, 6.07) is 16.4. The molecule has 0 N–H and O–H groups in total. The van der Waals surface area contributed by atoms with Crippen molar-refractivity contribution < 1.29 is 22.7 Å². The van der Waals surface area contributed by atoms with Crippen molar-refractivity contribution in [1.82, 2.24) is 9.88 Å².